The van der Waals surface area contributed by atoms with Gasteiger partial charge in [-0.05, 0) is 71.9 Å². The van der Waals surface area contributed by atoms with Crippen molar-refractivity contribution in [3.8, 4) is 0 Å². The lowest BCUT2D eigenvalue weighted by atomic mass is 9.77. The van der Waals surface area contributed by atoms with Crippen molar-refractivity contribution in [1.82, 2.24) is 25.6 Å². The number of imide groups is 1. The third-order valence-electron chi connectivity index (χ3n) is 6.43. The van der Waals surface area contributed by atoms with Crippen molar-refractivity contribution in [2.45, 2.75) is 70.9 Å². The topological polar surface area (TPSA) is 85.0 Å². The van der Waals surface area contributed by atoms with E-state index in [4.69, 9.17) is 0 Å². The molecule has 2 saturated heterocycles. The second kappa shape index (κ2) is 7.99. The zero-order valence-corrected chi connectivity index (χ0v) is 17.7. The maximum Gasteiger partial charge on any atom is 0.344 e. The first-order valence-corrected chi connectivity index (χ1v) is 10.5. The summed E-state index contributed by atoms with van der Waals surface area (Å²) in [7, 11) is 0. The predicted molar refractivity (Wildman–Crippen MR) is 106 cm³/mol. The van der Waals surface area contributed by atoms with Crippen LogP contribution in [0.5, 0.6) is 0 Å². The number of carbonyl (C=O) groups excluding carboxylic acids is 3. The third-order valence-corrected chi connectivity index (χ3v) is 6.43. The maximum atomic E-state index is 12.8. The minimum absolute atomic E-state index is 0.115. The molecular formula is C20H35N5O3. The van der Waals surface area contributed by atoms with Crippen LogP contribution in [0.2, 0.25) is 0 Å². The number of hydrogen-bond donors (Lipinski definition) is 2. The largest absolute Gasteiger partial charge is 0.344 e. The van der Waals surface area contributed by atoms with Crippen LogP contribution in [-0.4, -0.2) is 76.5 Å². The van der Waals surface area contributed by atoms with Gasteiger partial charge in [-0.15, -0.1) is 0 Å². The highest BCUT2D eigenvalue weighted by Crippen LogP contribution is 2.35. The van der Waals surface area contributed by atoms with E-state index in [2.05, 4.69) is 48.2 Å². The van der Waals surface area contributed by atoms with Gasteiger partial charge in [-0.1, -0.05) is 6.92 Å². The Morgan fingerprint density at radius 3 is 2.46 bits per heavy atom. The molecule has 1 aliphatic carbocycles. The fourth-order valence-electron chi connectivity index (χ4n) is 4.48. The average molecular weight is 394 g/mol. The van der Waals surface area contributed by atoms with Gasteiger partial charge >= 0.3 is 6.03 Å². The van der Waals surface area contributed by atoms with Crippen molar-refractivity contribution in [3.05, 3.63) is 0 Å². The standard InChI is InChI=1S/C20H35N5O3/c1-15-6-8-20(9-7-15)17(27)25(18(28)21-20)22-16(26)14-23-10-5-11-24(13-12-23)19(2,3)4/h15H,5-14H2,1-4H3,(H,21,28)(H,22,26). The highest BCUT2D eigenvalue weighted by molar-refractivity contribution is 6.08. The van der Waals surface area contributed by atoms with Gasteiger partial charge in [0.2, 0.25) is 0 Å². The molecule has 0 aromatic carbocycles. The molecule has 3 fully saturated rings. The Bertz CT molecular complexity index is 622. The molecule has 0 aromatic heterocycles. The summed E-state index contributed by atoms with van der Waals surface area (Å²) in [6, 6.07) is -0.511. The van der Waals surface area contributed by atoms with Crippen molar-refractivity contribution in [2.24, 2.45) is 5.92 Å². The summed E-state index contributed by atoms with van der Waals surface area (Å²) in [5.41, 5.74) is 1.84. The molecule has 0 atom stereocenters. The fourth-order valence-corrected chi connectivity index (χ4v) is 4.48. The lowest BCUT2D eigenvalue weighted by Gasteiger charge is -2.34. The number of rotatable bonds is 3. The van der Waals surface area contributed by atoms with Crippen LogP contribution >= 0.6 is 0 Å². The van der Waals surface area contributed by atoms with Gasteiger partial charge in [0.15, 0.2) is 0 Å². The molecule has 1 saturated carbocycles. The molecule has 2 N–H and O–H groups in total. The molecule has 0 aromatic rings. The van der Waals surface area contributed by atoms with Crippen LogP contribution in [0.1, 0.15) is 59.8 Å². The molecule has 1 spiro atoms. The first kappa shape index (κ1) is 21.0. The number of nitrogens with one attached hydrogen (secondary N) is 2. The van der Waals surface area contributed by atoms with E-state index in [-0.39, 0.29) is 23.9 Å². The molecule has 2 heterocycles. The Hall–Kier alpha value is -1.67. The zero-order chi connectivity index (χ0) is 20.5. The third kappa shape index (κ3) is 4.49. The van der Waals surface area contributed by atoms with Crippen molar-refractivity contribution in [3.63, 3.8) is 0 Å². The van der Waals surface area contributed by atoms with E-state index in [0.29, 0.717) is 18.8 Å². The first-order chi connectivity index (χ1) is 13.1. The van der Waals surface area contributed by atoms with E-state index in [1.165, 1.54) is 0 Å². The molecule has 3 aliphatic rings. The summed E-state index contributed by atoms with van der Waals surface area (Å²) in [6.07, 6.45) is 4.09. The van der Waals surface area contributed by atoms with Gasteiger partial charge in [-0.3, -0.25) is 24.8 Å². The van der Waals surface area contributed by atoms with Crippen LogP contribution in [0.4, 0.5) is 4.79 Å². The zero-order valence-electron chi connectivity index (χ0n) is 17.7. The minimum Gasteiger partial charge on any atom is -0.322 e. The lowest BCUT2D eigenvalue weighted by Crippen LogP contribution is -2.53. The molecule has 0 bridgehead atoms. The van der Waals surface area contributed by atoms with Crippen LogP contribution in [0.3, 0.4) is 0 Å². The Kier molecular flexibility index (Phi) is 6.00. The lowest BCUT2D eigenvalue weighted by molar-refractivity contribution is -0.140. The molecular weight excluding hydrogens is 358 g/mol. The minimum atomic E-state index is -0.827. The van der Waals surface area contributed by atoms with Crippen LogP contribution < -0.4 is 10.7 Å². The quantitative estimate of drug-likeness (QED) is 0.707. The number of hydrogen-bond acceptors (Lipinski definition) is 5. The fraction of sp³-hybridized carbons (Fsp3) is 0.850. The first-order valence-electron chi connectivity index (χ1n) is 10.5. The van der Waals surface area contributed by atoms with Crippen LogP contribution in [0.25, 0.3) is 0 Å². The van der Waals surface area contributed by atoms with E-state index < -0.39 is 11.6 Å². The number of nitrogens with zero attached hydrogens (tertiary/aromatic N) is 3. The molecule has 0 unspecified atom stereocenters. The van der Waals surface area contributed by atoms with Crippen LogP contribution in [0.15, 0.2) is 0 Å². The smallest absolute Gasteiger partial charge is 0.322 e. The van der Waals surface area contributed by atoms with E-state index in [1.54, 1.807) is 0 Å². The molecule has 3 rings (SSSR count). The molecule has 28 heavy (non-hydrogen) atoms. The van der Waals surface area contributed by atoms with Gasteiger partial charge in [-0.25, -0.2) is 4.79 Å². The van der Waals surface area contributed by atoms with Gasteiger partial charge in [0.25, 0.3) is 11.8 Å². The summed E-state index contributed by atoms with van der Waals surface area (Å²) in [4.78, 5) is 42.2. The van der Waals surface area contributed by atoms with E-state index in [1.807, 2.05) is 0 Å². The number of hydrazine groups is 1. The maximum absolute atomic E-state index is 12.8. The number of amides is 4. The van der Waals surface area contributed by atoms with E-state index in [0.717, 1.165) is 50.5 Å². The second-order valence-electron chi connectivity index (χ2n) is 9.66. The van der Waals surface area contributed by atoms with Crippen LogP contribution in [0, 0.1) is 5.92 Å². The summed E-state index contributed by atoms with van der Waals surface area (Å²) in [6.45, 7) is 12.5. The Labute approximate surface area is 167 Å². The summed E-state index contributed by atoms with van der Waals surface area (Å²) in [5.74, 6) is -0.0591. The van der Waals surface area contributed by atoms with Gasteiger partial charge < -0.3 is 5.32 Å². The number of carbonyl (C=O) groups is 3. The SMILES string of the molecule is CC1CCC2(CC1)NC(=O)N(NC(=O)CN1CCCN(C(C)(C)C)CC1)C2=O. The highest BCUT2D eigenvalue weighted by atomic mass is 16.2. The van der Waals surface area contributed by atoms with Crippen LogP contribution in [-0.2, 0) is 9.59 Å². The molecule has 0 radical (unpaired) electrons. The second-order valence-corrected chi connectivity index (χ2v) is 9.66. The monoisotopic (exact) mass is 393 g/mol. The van der Waals surface area contributed by atoms with Crippen molar-refractivity contribution in [1.29, 1.82) is 0 Å². The predicted octanol–water partition coefficient (Wildman–Crippen LogP) is 1.32. The summed E-state index contributed by atoms with van der Waals surface area (Å²) in [5, 5.41) is 3.73. The van der Waals surface area contributed by atoms with Gasteiger partial charge in [-0.2, -0.15) is 5.01 Å². The van der Waals surface area contributed by atoms with Gasteiger partial charge in [0, 0.05) is 18.6 Å². The summed E-state index contributed by atoms with van der Waals surface area (Å²) < 4.78 is 0. The summed E-state index contributed by atoms with van der Waals surface area (Å²) >= 11 is 0. The molecule has 4 amide bonds. The van der Waals surface area contributed by atoms with E-state index >= 15 is 0 Å². The van der Waals surface area contributed by atoms with Gasteiger partial charge in [0.05, 0.1) is 6.54 Å². The Balaban J connectivity index is 1.53. The van der Waals surface area contributed by atoms with Crippen molar-refractivity contribution >= 4 is 17.8 Å². The molecule has 8 nitrogen and oxygen atoms in total. The Morgan fingerprint density at radius 2 is 1.82 bits per heavy atom. The Morgan fingerprint density at radius 1 is 1.14 bits per heavy atom. The van der Waals surface area contributed by atoms with Crippen molar-refractivity contribution < 1.29 is 14.4 Å². The number of urea groups is 1. The normalized spacial score (nSPS) is 30.4. The molecule has 8 heteroatoms. The highest BCUT2D eigenvalue weighted by Gasteiger charge is 2.52. The van der Waals surface area contributed by atoms with E-state index in [9.17, 15) is 14.4 Å². The van der Waals surface area contributed by atoms with Crippen molar-refractivity contribution in [2.75, 3.05) is 32.7 Å². The molecule has 158 valence electrons. The van der Waals surface area contributed by atoms with Gasteiger partial charge in [0.1, 0.15) is 5.54 Å². The molecule has 2 aliphatic heterocycles. The average Bonchev–Trinajstić information content (AvgIpc) is 2.79.